The summed E-state index contributed by atoms with van der Waals surface area (Å²) in [6.45, 7) is 3.73. The van der Waals surface area contributed by atoms with Crippen LogP contribution in [-0.4, -0.2) is 40.3 Å². The van der Waals surface area contributed by atoms with Gasteiger partial charge in [0, 0.05) is 0 Å². The number of rotatable bonds is 10. The highest BCUT2D eigenvalue weighted by Crippen LogP contribution is 2.32. The van der Waals surface area contributed by atoms with E-state index in [2.05, 4.69) is 10.5 Å². The molecule has 0 bridgehead atoms. The molecule has 9 heteroatoms. The highest BCUT2D eigenvalue weighted by molar-refractivity contribution is 7.92. The van der Waals surface area contributed by atoms with Gasteiger partial charge in [-0.25, -0.2) is 13.8 Å². The van der Waals surface area contributed by atoms with E-state index in [1.54, 1.807) is 49.4 Å². The number of methoxy groups -OCH3 is 1. The van der Waals surface area contributed by atoms with Gasteiger partial charge in [0.1, 0.15) is 18.0 Å². The second-order valence-electron chi connectivity index (χ2n) is 7.19. The summed E-state index contributed by atoms with van der Waals surface area (Å²) < 4.78 is 38.6. The number of benzene rings is 3. The van der Waals surface area contributed by atoms with Gasteiger partial charge in [0.05, 0.1) is 30.0 Å². The molecule has 3 rings (SSSR count). The third kappa shape index (κ3) is 5.93. The molecule has 0 radical (unpaired) electrons. The number of ether oxygens (including phenoxy) is 2. The second-order valence-corrected chi connectivity index (χ2v) is 9.05. The lowest BCUT2D eigenvalue weighted by molar-refractivity contribution is -0.119. The minimum atomic E-state index is -4.05. The summed E-state index contributed by atoms with van der Waals surface area (Å²) in [6, 6.07) is 21.8. The lowest BCUT2D eigenvalue weighted by Gasteiger charge is -2.25. The zero-order valence-corrected chi connectivity index (χ0v) is 20.1. The minimum Gasteiger partial charge on any atom is -0.495 e. The normalized spacial score (nSPS) is 11.6. The van der Waals surface area contributed by atoms with Crippen LogP contribution in [0, 0.1) is 0 Å². The van der Waals surface area contributed by atoms with Crippen LogP contribution in [0.25, 0.3) is 0 Å². The standard InChI is InChI=1S/C25H27N3O5S/c1-4-33-21-16-14-20(15-17-21)19(2)26-27-25(29)18-28(23-12-8-9-13-24(23)32-3)34(30,31)22-10-6-5-7-11-22/h5-17H,4,18H2,1-3H3,(H,27,29)/b26-19-. The molecule has 1 amide bonds. The monoisotopic (exact) mass is 481 g/mol. The van der Waals surface area contributed by atoms with E-state index in [1.807, 2.05) is 31.2 Å². The molecule has 1 N–H and O–H groups in total. The molecule has 0 atom stereocenters. The Morgan fingerprint density at radius 3 is 2.26 bits per heavy atom. The second kappa shape index (κ2) is 11.3. The van der Waals surface area contributed by atoms with E-state index in [-0.39, 0.29) is 10.6 Å². The summed E-state index contributed by atoms with van der Waals surface area (Å²) >= 11 is 0. The number of nitrogens with one attached hydrogen (secondary N) is 1. The topological polar surface area (TPSA) is 97.3 Å². The fraction of sp³-hybridized carbons (Fsp3) is 0.200. The lowest BCUT2D eigenvalue weighted by atomic mass is 10.1. The maximum Gasteiger partial charge on any atom is 0.264 e. The number of para-hydroxylation sites is 2. The fourth-order valence-electron chi connectivity index (χ4n) is 3.19. The predicted octanol–water partition coefficient (Wildman–Crippen LogP) is 3.83. The van der Waals surface area contributed by atoms with E-state index in [0.717, 1.165) is 15.6 Å². The number of sulfonamides is 1. The molecule has 0 aliphatic heterocycles. The van der Waals surface area contributed by atoms with Gasteiger partial charge in [0.2, 0.25) is 0 Å². The van der Waals surface area contributed by atoms with Crippen molar-refractivity contribution in [3.05, 3.63) is 84.4 Å². The van der Waals surface area contributed by atoms with Crippen LogP contribution in [0.3, 0.4) is 0 Å². The van der Waals surface area contributed by atoms with Gasteiger partial charge in [0.25, 0.3) is 15.9 Å². The largest absolute Gasteiger partial charge is 0.495 e. The number of amides is 1. The Hall–Kier alpha value is -3.85. The van der Waals surface area contributed by atoms with Crippen LogP contribution in [0.4, 0.5) is 5.69 Å². The summed E-state index contributed by atoms with van der Waals surface area (Å²) in [5, 5.41) is 4.14. The summed E-state index contributed by atoms with van der Waals surface area (Å²) in [6.07, 6.45) is 0. The van der Waals surface area contributed by atoms with Crippen molar-refractivity contribution in [2.45, 2.75) is 18.7 Å². The third-order valence-corrected chi connectivity index (χ3v) is 6.68. The molecule has 3 aromatic rings. The molecule has 0 heterocycles. The van der Waals surface area contributed by atoms with Crippen molar-refractivity contribution in [1.29, 1.82) is 0 Å². The lowest BCUT2D eigenvalue weighted by Crippen LogP contribution is -2.40. The van der Waals surface area contributed by atoms with Crippen LogP contribution in [0.15, 0.2) is 88.9 Å². The minimum absolute atomic E-state index is 0.0581. The van der Waals surface area contributed by atoms with Crippen LogP contribution in [0.1, 0.15) is 19.4 Å². The molecule has 0 unspecified atom stereocenters. The van der Waals surface area contributed by atoms with E-state index < -0.39 is 22.5 Å². The van der Waals surface area contributed by atoms with Crippen LogP contribution >= 0.6 is 0 Å². The van der Waals surface area contributed by atoms with Gasteiger partial charge in [-0.2, -0.15) is 5.10 Å². The molecule has 0 spiro atoms. The van der Waals surface area contributed by atoms with E-state index >= 15 is 0 Å². The first kappa shape index (κ1) is 24.8. The van der Waals surface area contributed by atoms with Crippen molar-refractivity contribution in [3.63, 3.8) is 0 Å². The molecule has 0 aliphatic rings. The third-order valence-electron chi connectivity index (χ3n) is 4.90. The maximum atomic E-state index is 13.4. The molecule has 0 saturated heterocycles. The van der Waals surface area contributed by atoms with Gasteiger partial charge in [-0.3, -0.25) is 9.10 Å². The number of carbonyl (C=O) groups excluding carboxylic acids is 1. The van der Waals surface area contributed by atoms with Gasteiger partial charge in [-0.05, 0) is 67.9 Å². The van der Waals surface area contributed by atoms with E-state index in [1.165, 1.54) is 19.2 Å². The Labute approximate surface area is 199 Å². The number of hydrogen-bond donors (Lipinski definition) is 1. The SMILES string of the molecule is CCOc1ccc(/C(C)=N\NC(=O)CN(c2ccccc2OC)S(=O)(=O)c2ccccc2)cc1. The molecule has 3 aromatic carbocycles. The molecule has 0 aromatic heterocycles. The van der Waals surface area contributed by atoms with Crippen molar-refractivity contribution in [3.8, 4) is 11.5 Å². The first-order valence-corrected chi connectivity index (χ1v) is 12.1. The van der Waals surface area contributed by atoms with Crippen molar-refractivity contribution in [1.82, 2.24) is 5.43 Å². The highest BCUT2D eigenvalue weighted by Gasteiger charge is 2.29. The smallest absolute Gasteiger partial charge is 0.264 e. The number of carbonyl (C=O) groups is 1. The molecule has 0 aliphatic carbocycles. The van der Waals surface area contributed by atoms with Gasteiger partial charge >= 0.3 is 0 Å². The summed E-state index contributed by atoms with van der Waals surface area (Å²) in [4.78, 5) is 12.9. The Kier molecular flexibility index (Phi) is 8.26. The Morgan fingerprint density at radius 1 is 0.971 bits per heavy atom. The fourth-order valence-corrected chi connectivity index (χ4v) is 4.64. The molecule has 178 valence electrons. The molecule has 0 fully saturated rings. The average molecular weight is 482 g/mol. The number of hydrogen-bond acceptors (Lipinski definition) is 6. The Bertz CT molecular complexity index is 1240. The first-order chi connectivity index (χ1) is 16.4. The predicted molar refractivity (Wildman–Crippen MR) is 132 cm³/mol. The molecule has 34 heavy (non-hydrogen) atoms. The van der Waals surface area contributed by atoms with Crippen LogP contribution in [0.2, 0.25) is 0 Å². The van der Waals surface area contributed by atoms with Gasteiger partial charge in [-0.1, -0.05) is 30.3 Å². The van der Waals surface area contributed by atoms with Crippen molar-refractivity contribution < 1.29 is 22.7 Å². The highest BCUT2D eigenvalue weighted by atomic mass is 32.2. The van der Waals surface area contributed by atoms with Crippen molar-refractivity contribution >= 4 is 27.3 Å². The van der Waals surface area contributed by atoms with Gasteiger partial charge in [0.15, 0.2) is 0 Å². The Morgan fingerprint density at radius 2 is 1.62 bits per heavy atom. The number of anilines is 1. The summed E-state index contributed by atoms with van der Waals surface area (Å²) in [7, 11) is -2.61. The molecular formula is C25H27N3O5S. The van der Waals surface area contributed by atoms with Crippen molar-refractivity contribution in [2.75, 3.05) is 24.6 Å². The maximum absolute atomic E-state index is 13.4. The van der Waals surface area contributed by atoms with E-state index in [0.29, 0.717) is 18.1 Å². The zero-order chi connectivity index (χ0) is 24.6. The number of nitrogens with zero attached hydrogens (tertiary/aromatic N) is 2. The summed E-state index contributed by atoms with van der Waals surface area (Å²) in [5.74, 6) is 0.459. The Balaban J connectivity index is 1.85. The quantitative estimate of drug-likeness (QED) is 0.351. The average Bonchev–Trinajstić information content (AvgIpc) is 2.87. The zero-order valence-electron chi connectivity index (χ0n) is 19.3. The first-order valence-electron chi connectivity index (χ1n) is 10.6. The van der Waals surface area contributed by atoms with Crippen LogP contribution in [0.5, 0.6) is 11.5 Å². The molecule has 8 nitrogen and oxygen atoms in total. The van der Waals surface area contributed by atoms with E-state index in [9.17, 15) is 13.2 Å². The molecular weight excluding hydrogens is 454 g/mol. The summed E-state index contributed by atoms with van der Waals surface area (Å²) in [5.41, 5.74) is 4.05. The van der Waals surface area contributed by atoms with Gasteiger partial charge < -0.3 is 9.47 Å². The molecule has 0 saturated carbocycles. The van der Waals surface area contributed by atoms with E-state index in [4.69, 9.17) is 9.47 Å². The number of hydrazone groups is 1. The van der Waals surface area contributed by atoms with Crippen LogP contribution < -0.4 is 19.2 Å². The van der Waals surface area contributed by atoms with Crippen LogP contribution in [-0.2, 0) is 14.8 Å². The van der Waals surface area contributed by atoms with Gasteiger partial charge in [-0.15, -0.1) is 0 Å². The van der Waals surface area contributed by atoms with Crippen molar-refractivity contribution in [2.24, 2.45) is 5.10 Å².